The Bertz CT molecular complexity index is 513. The van der Waals surface area contributed by atoms with E-state index >= 15 is 0 Å². The Morgan fingerprint density at radius 1 is 1.32 bits per heavy atom. The van der Waals surface area contributed by atoms with E-state index in [1.54, 1.807) is 6.92 Å². The lowest BCUT2D eigenvalue weighted by molar-refractivity contribution is -0.127. The molecule has 122 valence electrons. The number of nitrogens with one attached hydrogen (secondary N) is 1. The van der Waals surface area contributed by atoms with E-state index < -0.39 is 5.54 Å². The van der Waals surface area contributed by atoms with Crippen LogP contribution in [0.5, 0.6) is 0 Å². The molecular formula is C17H26BrN3O. The minimum absolute atomic E-state index is 0.0979. The van der Waals surface area contributed by atoms with Crippen LogP contribution in [0.15, 0.2) is 28.7 Å². The van der Waals surface area contributed by atoms with Crippen LogP contribution < -0.4 is 11.1 Å². The first-order valence-electron chi connectivity index (χ1n) is 7.83. The van der Waals surface area contributed by atoms with Crippen molar-refractivity contribution in [1.29, 1.82) is 0 Å². The van der Waals surface area contributed by atoms with Gasteiger partial charge in [0.1, 0.15) is 5.54 Å². The van der Waals surface area contributed by atoms with Crippen LogP contribution in [0.2, 0.25) is 0 Å². The van der Waals surface area contributed by atoms with Gasteiger partial charge in [-0.05, 0) is 64.4 Å². The van der Waals surface area contributed by atoms with Crippen molar-refractivity contribution >= 4 is 21.8 Å². The second-order valence-electron chi connectivity index (χ2n) is 6.66. The van der Waals surface area contributed by atoms with Gasteiger partial charge in [0.25, 0.3) is 0 Å². The van der Waals surface area contributed by atoms with E-state index in [-0.39, 0.29) is 11.9 Å². The number of rotatable bonds is 4. The topological polar surface area (TPSA) is 58.4 Å². The van der Waals surface area contributed by atoms with Crippen molar-refractivity contribution in [1.82, 2.24) is 10.2 Å². The van der Waals surface area contributed by atoms with Crippen LogP contribution in [0.4, 0.5) is 0 Å². The molecule has 0 spiro atoms. The van der Waals surface area contributed by atoms with Crippen LogP contribution >= 0.6 is 15.9 Å². The molecule has 0 saturated heterocycles. The van der Waals surface area contributed by atoms with Gasteiger partial charge in [-0.25, -0.2) is 0 Å². The van der Waals surface area contributed by atoms with E-state index in [4.69, 9.17) is 5.73 Å². The van der Waals surface area contributed by atoms with Crippen LogP contribution in [0.1, 0.15) is 38.2 Å². The summed E-state index contributed by atoms with van der Waals surface area (Å²) in [6.45, 7) is 1.78. The molecule has 0 aromatic heterocycles. The quantitative estimate of drug-likeness (QED) is 0.859. The van der Waals surface area contributed by atoms with Gasteiger partial charge in [-0.1, -0.05) is 28.1 Å². The Kier molecular flexibility index (Phi) is 5.64. The number of hydrogen-bond acceptors (Lipinski definition) is 3. The Hall–Kier alpha value is -0.910. The first kappa shape index (κ1) is 17.4. The summed E-state index contributed by atoms with van der Waals surface area (Å²) in [5, 5.41) is 3.15. The molecular weight excluding hydrogens is 342 g/mol. The zero-order valence-corrected chi connectivity index (χ0v) is 15.2. The smallest absolute Gasteiger partial charge is 0.244 e. The maximum absolute atomic E-state index is 12.6. The lowest BCUT2D eigenvalue weighted by atomic mass is 9.88. The molecule has 0 aliphatic heterocycles. The Balaban J connectivity index is 2.02. The lowest BCUT2D eigenvalue weighted by Gasteiger charge is -2.35. The molecule has 22 heavy (non-hydrogen) atoms. The number of hydrogen-bond donors (Lipinski definition) is 2. The van der Waals surface area contributed by atoms with Crippen LogP contribution in [0.3, 0.4) is 0 Å². The first-order valence-corrected chi connectivity index (χ1v) is 8.62. The number of nitrogens with zero attached hydrogens (tertiary/aromatic N) is 1. The summed E-state index contributed by atoms with van der Waals surface area (Å²) in [6, 6.07) is 8.37. The van der Waals surface area contributed by atoms with Crippen LogP contribution in [0, 0.1) is 0 Å². The molecule has 3 atom stereocenters. The molecule has 1 aliphatic rings. The van der Waals surface area contributed by atoms with Gasteiger partial charge in [-0.15, -0.1) is 0 Å². The molecule has 3 unspecified atom stereocenters. The molecule has 4 nitrogen and oxygen atoms in total. The molecule has 0 heterocycles. The predicted octanol–water partition coefficient (Wildman–Crippen LogP) is 2.61. The van der Waals surface area contributed by atoms with Crippen molar-refractivity contribution in [2.24, 2.45) is 5.73 Å². The molecule has 1 amide bonds. The zero-order chi connectivity index (χ0) is 16.3. The zero-order valence-electron chi connectivity index (χ0n) is 13.6. The summed E-state index contributed by atoms with van der Waals surface area (Å²) in [7, 11) is 4.20. The number of carbonyl (C=O) groups excluding carboxylic acids is 1. The highest BCUT2D eigenvalue weighted by Crippen LogP contribution is 2.24. The SMILES string of the molecule is CN(C)C1CCCC(NC(=O)C(C)(N)c2ccc(Br)cc2)C1. The molecule has 1 saturated carbocycles. The first-order chi connectivity index (χ1) is 10.3. The van der Waals surface area contributed by atoms with E-state index in [1.807, 2.05) is 24.3 Å². The van der Waals surface area contributed by atoms with Crippen molar-refractivity contribution < 1.29 is 4.79 Å². The second kappa shape index (κ2) is 7.11. The normalized spacial score (nSPS) is 24.8. The van der Waals surface area contributed by atoms with Gasteiger partial charge in [-0.2, -0.15) is 0 Å². The molecule has 1 aromatic rings. The van der Waals surface area contributed by atoms with E-state index in [1.165, 1.54) is 6.42 Å². The molecule has 1 aromatic carbocycles. The van der Waals surface area contributed by atoms with Crippen molar-refractivity contribution in [2.45, 2.75) is 50.2 Å². The number of benzene rings is 1. The van der Waals surface area contributed by atoms with E-state index in [9.17, 15) is 4.79 Å². The summed E-state index contributed by atoms with van der Waals surface area (Å²) in [5.41, 5.74) is 6.12. The van der Waals surface area contributed by atoms with Crippen molar-refractivity contribution in [3.05, 3.63) is 34.3 Å². The molecule has 2 rings (SSSR count). The molecule has 3 N–H and O–H groups in total. The largest absolute Gasteiger partial charge is 0.351 e. The fourth-order valence-corrected chi connectivity index (χ4v) is 3.29. The fourth-order valence-electron chi connectivity index (χ4n) is 3.03. The van der Waals surface area contributed by atoms with Gasteiger partial charge in [0.15, 0.2) is 0 Å². The minimum Gasteiger partial charge on any atom is -0.351 e. The van der Waals surface area contributed by atoms with Gasteiger partial charge >= 0.3 is 0 Å². The average molecular weight is 368 g/mol. The number of halogens is 1. The Morgan fingerprint density at radius 3 is 2.55 bits per heavy atom. The standard InChI is InChI=1S/C17H26BrN3O/c1-17(19,12-7-9-13(18)10-8-12)16(22)20-14-5-4-6-15(11-14)21(2)3/h7-10,14-15H,4-6,11,19H2,1-3H3,(H,20,22). The monoisotopic (exact) mass is 367 g/mol. The van der Waals surface area contributed by atoms with Crippen molar-refractivity contribution in [3.8, 4) is 0 Å². The molecule has 1 aliphatic carbocycles. The lowest BCUT2D eigenvalue weighted by Crippen LogP contribution is -2.53. The van der Waals surface area contributed by atoms with Crippen molar-refractivity contribution in [3.63, 3.8) is 0 Å². The summed E-state index contributed by atoms with van der Waals surface area (Å²) in [4.78, 5) is 14.9. The third-order valence-electron chi connectivity index (χ3n) is 4.63. The highest BCUT2D eigenvalue weighted by Gasteiger charge is 2.33. The van der Waals surface area contributed by atoms with Crippen LogP contribution in [-0.2, 0) is 10.3 Å². The number of amides is 1. The average Bonchev–Trinajstić information content (AvgIpc) is 2.48. The third-order valence-corrected chi connectivity index (χ3v) is 5.16. The van der Waals surface area contributed by atoms with E-state index in [0.717, 1.165) is 29.3 Å². The predicted molar refractivity (Wildman–Crippen MR) is 93.6 cm³/mol. The minimum atomic E-state index is -1.01. The van der Waals surface area contributed by atoms with Gasteiger partial charge in [0, 0.05) is 16.6 Å². The second-order valence-corrected chi connectivity index (χ2v) is 7.58. The van der Waals surface area contributed by atoms with Gasteiger partial charge in [-0.3, -0.25) is 4.79 Å². The third kappa shape index (κ3) is 4.09. The van der Waals surface area contributed by atoms with Gasteiger partial charge < -0.3 is 16.0 Å². The summed E-state index contributed by atoms with van der Waals surface area (Å²) in [5.74, 6) is -0.0979. The maximum atomic E-state index is 12.6. The Morgan fingerprint density at radius 2 is 1.95 bits per heavy atom. The Labute approximate surface area is 141 Å². The maximum Gasteiger partial charge on any atom is 0.244 e. The van der Waals surface area contributed by atoms with Crippen LogP contribution in [0.25, 0.3) is 0 Å². The summed E-state index contributed by atoms with van der Waals surface area (Å²) < 4.78 is 0.980. The van der Waals surface area contributed by atoms with Crippen LogP contribution in [-0.4, -0.2) is 37.0 Å². The molecule has 1 fully saturated rings. The highest BCUT2D eigenvalue weighted by molar-refractivity contribution is 9.10. The van der Waals surface area contributed by atoms with E-state index in [0.29, 0.717) is 6.04 Å². The fraction of sp³-hybridized carbons (Fsp3) is 0.588. The number of carbonyl (C=O) groups is 1. The summed E-state index contributed by atoms with van der Waals surface area (Å²) >= 11 is 3.40. The highest BCUT2D eigenvalue weighted by atomic mass is 79.9. The van der Waals surface area contributed by atoms with Gasteiger partial charge in [0.2, 0.25) is 5.91 Å². The van der Waals surface area contributed by atoms with Crippen molar-refractivity contribution in [2.75, 3.05) is 14.1 Å². The summed E-state index contributed by atoms with van der Waals surface area (Å²) in [6.07, 6.45) is 4.38. The molecule has 0 radical (unpaired) electrons. The number of nitrogens with two attached hydrogens (primary N) is 1. The molecule has 0 bridgehead atoms. The van der Waals surface area contributed by atoms with Gasteiger partial charge in [0.05, 0.1) is 0 Å². The van der Waals surface area contributed by atoms with E-state index in [2.05, 4.69) is 40.2 Å². The molecule has 5 heteroatoms.